The highest BCUT2D eigenvalue weighted by Crippen LogP contribution is 1.95. The summed E-state index contributed by atoms with van der Waals surface area (Å²) in [6.07, 6.45) is 2.36. The fraction of sp³-hybridized carbons (Fsp3) is 0.778. The summed E-state index contributed by atoms with van der Waals surface area (Å²) in [5.41, 5.74) is 2.39. The van der Waals surface area contributed by atoms with E-state index in [0.717, 1.165) is 6.26 Å². The average Bonchev–Trinajstić information content (AvgIpc) is 2.13. The number of unbranched alkanes of at least 4 members (excludes halogenated alkanes) is 1. The zero-order valence-electron chi connectivity index (χ0n) is 11.2. The second kappa shape index (κ2) is 9.67. The van der Waals surface area contributed by atoms with Gasteiger partial charge in [-0.25, -0.2) is 18.1 Å². The van der Waals surface area contributed by atoms with E-state index in [1.165, 1.54) is 12.1 Å². The number of nitrogens with one attached hydrogen (secondary N) is 2. The Morgan fingerprint density at radius 2 is 1.84 bits per heavy atom. The number of likely N-dealkylation sites (N-methyl/N-ethyl adjacent to an activating group) is 1. The van der Waals surface area contributed by atoms with Gasteiger partial charge in [-0.15, -0.1) is 0 Å². The van der Waals surface area contributed by atoms with Gasteiger partial charge < -0.3 is 11.3 Å². The highest BCUT2D eigenvalue weighted by molar-refractivity contribution is 7.88. The molecule has 0 aliphatic heterocycles. The molecule has 0 aliphatic carbocycles. The van der Waals surface area contributed by atoms with Crippen molar-refractivity contribution >= 4 is 21.9 Å². The number of carbonyl (C=O) groups excluding carboxylic acids is 1. The van der Waals surface area contributed by atoms with Crippen molar-refractivity contribution in [3.63, 3.8) is 0 Å². The number of rotatable bonds is 9. The first kappa shape index (κ1) is 20.1. The third kappa shape index (κ3) is 14.7. The normalized spacial score (nSPS) is 10.9. The molecule has 0 aromatic carbocycles. The summed E-state index contributed by atoms with van der Waals surface area (Å²) in [6.45, 7) is 0.0124. The molecule has 1 amide bonds. The topological polar surface area (TPSA) is 151 Å². The zero-order valence-corrected chi connectivity index (χ0v) is 12.0. The van der Waals surface area contributed by atoms with Gasteiger partial charge in [0.2, 0.25) is 15.9 Å². The van der Waals surface area contributed by atoms with Crippen LogP contribution >= 0.6 is 0 Å². The van der Waals surface area contributed by atoms with Gasteiger partial charge in [-0.1, -0.05) is 0 Å². The molecule has 0 heterocycles. The number of aliphatic carboxylic acids is 1. The van der Waals surface area contributed by atoms with Crippen molar-refractivity contribution in [3.8, 4) is 0 Å². The lowest BCUT2D eigenvalue weighted by Crippen LogP contribution is -2.42. The van der Waals surface area contributed by atoms with E-state index in [2.05, 4.69) is 10.1 Å². The lowest BCUT2D eigenvalue weighted by molar-refractivity contribution is -0.139. The lowest BCUT2D eigenvalue weighted by Gasteiger charge is -2.15. The molecule has 6 N–H and O–H groups in total. The van der Waals surface area contributed by atoms with Crippen LogP contribution in [0.1, 0.15) is 19.3 Å². The summed E-state index contributed by atoms with van der Waals surface area (Å²) in [5.74, 6) is -1.33. The maximum absolute atomic E-state index is 11.3. The molecule has 0 aliphatic rings. The molecule has 0 atom stereocenters. The molecule has 0 fully saturated rings. The van der Waals surface area contributed by atoms with Crippen molar-refractivity contribution in [2.24, 2.45) is 0 Å². The van der Waals surface area contributed by atoms with E-state index in [-0.39, 0.29) is 31.6 Å². The van der Waals surface area contributed by atoms with Gasteiger partial charge in [0.25, 0.3) is 0 Å². The second-order valence-electron chi connectivity index (χ2n) is 3.91. The maximum atomic E-state index is 11.3. The Bertz CT molecular complexity index is 384. The van der Waals surface area contributed by atoms with Crippen LogP contribution in [0.5, 0.6) is 0 Å². The Hall–Kier alpha value is -1.23. The van der Waals surface area contributed by atoms with Crippen LogP contribution in [0.3, 0.4) is 0 Å². The number of amides is 1. The van der Waals surface area contributed by atoms with Crippen molar-refractivity contribution < 1.29 is 23.1 Å². The van der Waals surface area contributed by atoms with Gasteiger partial charge in [0.15, 0.2) is 0 Å². The predicted molar refractivity (Wildman–Crippen MR) is 70.1 cm³/mol. The van der Waals surface area contributed by atoms with Crippen LogP contribution in [0.15, 0.2) is 0 Å². The molecule has 0 aromatic rings. The molecule has 0 bridgehead atoms. The highest BCUT2D eigenvalue weighted by Gasteiger charge is 2.08. The number of sulfonamides is 1. The Balaban J connectivity index is 0. The molecule has 0 aromatic heterocycles. The van der Waals surface area contributed by atoms with Crippen LogP contribution in [0.4, 0.5) is 0 Å². The highest BCUT2D eigenvalue weighted by atomic mass is 32.2. The Morgan fingerprint density at radius 1 is 1.26 bits per heavy atom. The first-order valence-electron chi connectivity index (χ1n) is 5.38. The van der Waals surface area contributed by atoms with E-state index in [9.17, 15) is 18.0 Å². The molecule has 0 unspecified atom stereocenters. The molecule has 10 heteroatoms. The van der Waals surface area contributed by atoms with E-state index in [0.29, 0.717) is 12.8 Å². The fourth-order valence-corrected chi connectivity index (χ4v) is 1.69. The molecule has 0 rings (SSSR count). The monoisotopic (exact) mass is 298 g/mol. The van der Waals surface area contributed by atoms with E-state index >= 15 is 0 Å². The number of carboxylic acid groups (broad SMARTS) is 1. The largest absolute Gasteiger partial charge is 0.480 e. The minimum absolute atomic E-state index is 0. The van der Waals surface area contributed by atoms with Crippen LogP contribution in [0.25, 0.3) is 0 Å². The second-order valence-corrected chi connectivity index (χ2v) is 5.74. The first-order chi connectivity index (χ1) is 8.20. The van der Waals surface area contributed by atoms with Crippen LogP contribution in [0.2, 0.25) is 0 Å². The summed E-state index contributed by atoms with van der Waals surface area (Å²) < 4.78 is 23.8. The van der Waals surface area contributed by atoms with Crippen molar-refractivity contribution in [1.29, 1.82) is 0 Å². The van der Waals surface area contributed by atoms with Gasteiger partial charge in [0.05, 0.1) is 6.26 Å². The molecule has 9 nitrogen and oxygen atoms in total. The third-order valence-corrected chi connectivity index (χ3v) is 2.61. The quantitative estimate of drug-likeness (QED) is 0.312. The summed E-state index contributed by atoms with van der Waals surface area (Å²) in [6, 6.07) is 0. The Morgan fingerprint density at radius 3 is 2.32 bits per heavy atom. The van der Waals surface area contributed by atoms with Gasteiger partial charge in [0, 0.05) is 20.0 Å². The van der Waals surface area contributed by atoms with E-state index in [4.69, 9.17) is 5.11 Å². The van der Waals surface area contributed by atoms with Crippen LogP contribution < -0.4 is 16.3 Å². The van der Waals surface area contributed by atoms with Crippen LogP contribution in [-0.2, 0) is 19.6 Å². The Labute approximate surface area is 113 Å². The smallest absolute Gasteiger partial charge is 0.319 e. The van der Waals surface area contributed by atoms with Gasteiger partial charge in [-0.2, -0.15) is 0 Å². The summed E-state index contributed by atoms with van der Waals surface area (Å²) in [4.78, 5) is 21.6. The standard InChI is InChI=1S/C9H19N3O5S.H3N/c1-12(7-9(14)15)11-8(13)5-3-4-6-10-18(2,16)17;/h10H,3-7H2,1-2H3,(H,11,13)(H,14,15);1H3. The van der Waals surface area contributed by atoms with Crippen LogP contribution in [-0.4, -0.2) is 56.8 Å². The Kier molecular flexibility index (Phi) is 10.2. The number of carboxylic acids is 1. The van der Waals surface area contributed by atoms with Gasteiger partial charge in [-0.05, 0) is 12.8 Å². The number of hydrogen-bond donors (Lipinski definition) is 4. The van der Waals surface area contributed by atoms with Crippen molar-refractivity contribution in [1.82, 2.24) is 21.3 Å². The molecular weight excluding hydrogens is 276 g/mol. The maximum Gasteiger partial charge on any atom is 0.319 e. The lowest BCUT2D eigenvalue weighted by atomic mass is 10.2. The number of hydrogen-bond acceptors (Lipinski definition) is 6. The minimum Gasteiger partial charge on any atom is -0.480 e. The number of carbonyl (C=O) groups is 2. The fourth-order valence-electron chi connectivity index (χ4n) is 1.18. The summed E-state index contributed by atoms with van der Waals surface area (Å²) in [7, 11) is -1.73. The van der Waals surface area contributed by atoms with Gasteiger partial charge in [0.1, 0.15) is 6.54 Å². The van der Waals surface area contributed by atoms with E-state index in [1.807, 2.05) is 0 Å². The molecule has 0 spiro atoms. The van der Waals surface area contributed by atoms with E-state index < -0.39 is 16.0 Å². The van der Waals surface area contributed by atoms with Crippen molar-refractivity contribution in [2.75, 3.05) is 26.4 Å². The molecule has 19 heavy (non-hydrogen) atoms. The SMILES string of the molecule is CN(CC(=O)O)NC(=O)CCCCNS(C)(=O)=O.N. The zero-order chi connectivity index (χ0) is 14.2. The molecular formula is C9H22N4O5S. The molecule has 114 valence electrons. The van der Waals surface area contributed by atoms with E-state index in [1.54, 1.807) is 0 Å². The summed E-state index contributed by atoms with van der Waals surface area (Å²) in [5, 5.41) is 9.64. The predicted octanol–water partition coefficient (Wildman–Crippen LogP) is -1.08. The van der Waals surface area contributed by atoms with Gasteiger partial charge in [-0.3, -0.25) is 15.0 Å². The van der Waals surface area contributed by atoms with Crippen molar-refractivity contribution in [3.05, 3.63) is 0 Å². The minimum atomic E-state index is -3.18. The molecule has 0 radical (unpaired) electrons. The third-order valence-electron chi connectivity index (χ3n) is 1.88. The first-order valence-corrected chi connectivity index (χ1v) is 7.27. The number of nitrogens with zero attached hydrogens (tertiary/aromatic N) is 1. The molecule has 0 saturated carbocycles. The molecule has 0 saturated heterocycles. The number of hydrazine groups is 1. The summed E-state index contributed by atoms with van der Waals surface area (Å²) >= 11 is 0. The average molecular weight is 298 g/mol. The van der Waals surface area contributed by atoms with Gasteiger partial charge >= 0.3 is 5.97 Å². The van der Waals surface area contributed by atoms with Crippen LogP contribution in [0, 0.1) is 0 Å². The van der Waals surface area contributed by atoms with Crippen molar-refractivity contribution in [2.45, 2.75) is 19.3 Å².